The lowest BCUT2D eigenvalue weighted by molar-refractivity contribution is 1.18. The van der Waals surface area contributed by atoms with Gasteiger partial charge in [0, 0.05) is 32.6 Å². The van der Waals surface area contributed by atoms with Crippen molar-refractivity contribution in [3.8, 4) is 27.9 Å². The van der Waals surface area contributed by atoms with E-state index in [9.17, 15) is 0 Å². The summed E-state index contributed by atoms with van der Waals surface area (Å²) in [5, 5.41) is 7.62. The number of fused-ring (bicyclic) bond motifs is 12. The Morgan fingerprint density at radius 3 is 1.54 bits per heavy atom. The molecular weight excluding hydrogens is 556 g/mol. The summed E-state index contributed by atoms with van der Waals surface area (Å²) in [5.74, 6) is 0. The van der Waals surface area contributed by atoms with Gasteiger partial charge in [-0.25, -0.2) is 0 Å². The average molecular weight is 585 g/mol. The van der Waals surface area contributed by atoms with Crippen LogP contribution in [-0.2, 0) is 0 Å². The van der Waals surface area contributed by atoms with Crippen LogP contribution in [0.15, 0.2) is 170 Å². The van der Waals surface area contributed by atoms with E-state index in [1.807, 2.05) is 0 Å². The third-order valence-corrected chi connectivity index (χ3v) is 9.63. The quantitative estimate of drug-likeness (QED) is 0.183. The predicted molar refractivity (Wildman–Crippen MR) is 195 cm³/mol. The van der Waals surface area contributed by atoms with Gasteiger partial charge in [-0.2, -0.15) is 0 Å². The lowest BCUT2D eigenvalue weighted by atomic mass is 9.98. The van der Waals surface area contributed by atoms with Crippen molar-refractivity contribution in [3.63, 3.8) is 0 Å². The van der Waals surface area contributed by atoms with Crippen LogP contribution in [-0.4, -0.2) is 8.97 Å². The van der Waals surface area contributed by atoms with E-state index in [0.29, 0.717) is 0 Å². The molecule has 0 radical (unpaired) electrons. The third-order valence-electron chi connectivity index (χ3n) is 9.63. The number of para-hydroxylation sites is 2. The molecule has 214 valence electrons. The van der Waals surface area contributed by atoms with Gasteiger partial charge in [-0.3, -0.25) is 0 Å². The van der Waals surface area contributed by atoms with Crippen LogP contribution in [0, 0.1) is 0 Å². The van der Waals surface area contributed by atoms with Crippen molar-refractivity contribution in [3.05, 3.63) is 170 Å². The van der Waals surface area contributed by atoms with Crippen molar-refractivity contribution in [2.45, 2.75) is 0 Å². The molecule has 2 heteroatoms. The molecule has 0 bridgehead atoms. The van der Waals surface area contributed by atoms with Gasteiger partial charge in [-0.05, 0) is 70.1 Å². The monoisotopic (exact) mass is 584 g/mol. The fourth-order valence-electron chi connectivity index (χ4n) is 7.65. The first kappa shape index (κ1) is 25.2. The topological polar surface area (TPSA) is 9.34 Å². The number of rotatable bonds is 3. The summed E-state index contributed by atoms with van der Waals surface area (Å²) in [6, 6.07) is 62.0. The molecule has 0 spiro atoms. The fraction of sp³-hybridized carbons (Fsp3) is 0. The second-order valence-corrected chi connectivity index (χ2v) is 12.2. The van der Waals surface area contributed by atoms with E-state index < -0.39 is 0 Å². The van der Waals surface area contributed by atoms with Gasteiger partial charge in [-0.1, -0.05) is 127 Å². The van der Waals surface area contributed by atoms with Crippen LogP contribution in [0.2, 0.25) is 0 Å². The largest absolute Gasteiger partial charge is 0.309 e. The van der Waals surface area contributed by atoms with E-state index >= 15 is 0 Å². The normalized spacial score (nSPS) is 11.9. The standard InChI is InChI=1S/C44H28N2/c1-3-13-29(14-4-1)32-25-33(30-15-5-2-6-16-30)27-34(26-32)45-40-22-12-10-20-38(40)43-41(45)24-23-31-28-42-37-19-8-7-17-35(37)36-18-9-11-21-39(36)46(42)44(31)43/h1-28H. The van der Waals surface area contributed by atoms with Gasteiger partial charge in [0.15, 0.2) is 0 Å². The van der Waals surface area contributed by atoms with Gasteiger partial charge in [0.05, 0.1) is 27.6 Å². The van der Waals surface area contributed by atoms with E-state index in [-0.39, 0.29) is 0 Å². The lowest BCUT2D eigenvalue weighted by Gasteiger charge is -2.14. The Hall–Kier alpha value is -6.12. The van der Waals surface area contributed by atoms with Crippen molar-refractivity contribution in [2.75, 3.05) is 0 Å². The fourth-order valence-corrected chi connectivity index (χ4v) is 7.65. The van der Waals surface area contributed by atoms with Crippen molar-refractivity contribution in [2.24, 2.45) is 0 Å². The molecule has 0 aliphatic heterocycles. The first-order valence-corrected chi connectivity index (χ1v) is 15.9. The molecule has 3 aromatic heterocycles. The number of hydrogen-bond acceptors (Lipinski definition) is 0. The first-order chi connectivity index (χ1) is 22.8. The Morgan fingerprint density at radius 2 is 0.870 bits per heavy atom. The summed E-state index contributed by atoms with van der Waals surface area (Å²) < 4.78 is 4.97. The van der Waals surface area contributed by atoms with Crippen LogP contribution in [0.5, 0.6) is 0 Å². The summed E-state index contributed by atoms with van der Waals surface area (Å²) >= 11 is 0. The van der Waals surface area contributed by atoms with Crippen LogP contribution in [0.4, 0.5) is 0 Å². The molecule has 0 fully saturated rings. The van der Waals surface area contributed by atoms with Crippen LogP contribution in [0.3, 0.4) is 0 Å². The van der Waals surface area contributed by atoms with Gasteiger partial charge in [0.1, 0.15) is 0 Å². The number of nitrogens with zero attached hydrogens (tertiary/aromatic N) is 2. The molecule has 0 unspecified atom stereocenters. The maximum atomic E-state index is 2.50. The minimum atomic E-state index is 1.15. The Morgan fingerprint density at radius 1 is 0.326 bits per heavy atom. The zero-order chi connectivity index (χ0) is 30.2. The summed E-state index contributed by atoms with van der Waals surface area (Å²) in [5.41, 5.74) is 12.1. The smallest absolute Gasteiger partial charge is 0.0635 e. The van der Waals surface area contributed by atoms with Gasteiger partial charge < -0.3 is 8.97 Å². The van der Waals surface area contributed by atoms with E-state index in [1.165, 1.54) is 82.2 Å². The summed E-state index contributed by atoms with van der Waals surface area (Å²) in [6.07, 6.45) is 0. The molecule has 0 saturated heterocycles. The summed E-state index contributed by atoms with van der Waals surface area (Å²) in [6.45, 7) is 0. The number of aromatic nitrogens is 2. The lowest BCUT2D eigenvalue weighted by Crippen LogP contribution is -1.96. The molecule has 0 amide bonds. The molecular formula is C44H28N2. The SMILES string of the molecule is c1ccc(-c2cc(-c3ccccc3)cc(-n3c4ccccc4c4c3ccc3cc5c6ccccc6c6ccccc6n5c34)c2)cc1. The molecule has 10 aromatic rings. The van der Waals surface area contributed by atoms with Crippen LogP contribution >= 0.6 is 0 Å². The van der Waals surface area contributed by atoms with Crippen LogP contribution < -0.4 is 0 Å². The first-order valence-electron chi connectivity index (χ1n) is 15.9. The minimum Gasteiger partial charge on any atom is -0.309 e. The Balaban J connectivity index is 1.37. The highest BCUT2D eigenvalue weighted by Gasteiger charge is 2.20. The number of hydrogen-bond donors (Lipinski definition) is 0. The maximum Gasteiger partial charge on any atom is 0.0635 e. The Kier molecular flexibility index (Phi) is 5.31. The molecule has 0 aliphatic carbocycles. The van der Waals surface area contributed by atoms with E-state index in [2.05, 4.69) is 179 Å². The molecule has 2 nitrogen and oxygen atoms in total. The molecule has 0 aliphatic rings. The van der Waals surface area contributed by atoms with Crippen molar-refractivity contribution < 1.29 is 0 Å². The molecule has 0 N–H and O–H groups in total. The number of benzene rings is 7. The van der Waals surface area contributed by atoms with Crippen molar-refractivity contribution >= 4 is 59.9 Å². The summed E-state index contributed by atoms with van der Waals surface area (Å²) in [7, 11) is 0. The highest BCUT2D eigenvalue weighted by Crippen LogP contribution is 2.42. The number of pyridine rings is 1. The van der Waals surface area contributed by atoms with Gasteiger partial charge >= 0.3 is 0 Å². The highest BCUT2D eigenvalue weighted by molar-refractivity contribution is 6.24. The molecule has 7 aromatic carbocycles. The second kappa shape index (κ2) is 9.69. The van der Waals surface area contributed by atoms with Crippen molar-refractivity contribution in [1.29, 1.82) is 0 Å². The van der Waals surface area contributed by atoms with Gasteiger partial charge in [0.2, 0.25) is 0 Å². The van der Waals surface area contributed by atoms with Crippen molar-refractivity contribution in [1.82, 2.24) is 8.97 Å². The second-order valence-electron chi connectivity index (χ2n) is 12.2. The molecule has 0 saturated carbocycles. The van der Waals surface area contributed by atoms with Crippen LogP contribution in [0.1, 0.15) is 0 Å². The highest BCUT2D eigenvalue weighted by atomic mass is 15.0. The van der Waals surface area contributed by atoms with E-state index in [1.54, 1.807) is 0 Å². The van der Waals surface area contributed by atoms with Gasteiger partial charge in [0.25, 0.3) is 0 Å². The minimum absolute atomic E-state index is 1.15. The zero-order valence-electron chi connectivity index (χ0n) is 25.1. The molecule has 10 rings (SSSR count). The Bertz CT molecular complexity index is 2730. The van der Waals surface area contributed by atoms with Gasteiger partial charge in [-0.15, -0.1) is 0 Å². The Labute approximate surface area is 266 Å². The molecule has 46 heavy (non-hydrogen) atoms. The average Bonchev–Trinajstić information content (AvgIpc) is 3.69. The third kappa shape index (κ3) is 3.59. The molecule has 0 atom stereocenters. The van der Waals surface area contributed by atoms with Crippen LogP contribution in [0.25, 0.3) is 87.8 Å². The zero-order valence-corrected chi connectivity index (χ0v) is 25.1. The predicted octanol–water partition coefficient (Wildman–Crippen LogP) is 11.8. The molecule has 3 heterocycles. The van der Waals surface area contributed by atoms with E-state index in [0.717, 1.165) is 5.69 Å². The summed E-state index contributed by atoms with van der Waals surface area (Å²) in [4.78, 5) is 0. The maximum absolute atomic E-state index is 2.50. The van der Waals surface area contributed by atoms with E-state index in [4.69, 9.17) is 0 Å².